The number of nitrogens with zero attached hydrogens (tertiary/aromatic N) is 5. The van der Waals surface area contributed by atoms with Gasteiger partial charge in [-0.25, -0.2) is 19.0 Å². The second-order valence-electron chi connectivity index (χ2n) is 6.47. The minimum atomic E-state index is -0.227. The summed E-state index contributed by atoms with van der Waals surface area (Å²) in [6, 6.07) is 10.5. The average molecular weight is 352 g/mol. The smallest absolute Gasteiger partial charge is 0.159 e. The Labute approximate surface area is 146 Å². The maximum Gasteiger partial charge on any atom is 0.159 e. The van der Waals surface area contributed by atoms with Gasteiger partial charge in [0.2, 0.25) is 0 Å². The van der Waals surface area contributed by atoms with E-state index in [9.17, 15) is 4.39 Å². The Hall–Kier alpha value is -2.73. The minimum Gasteiger partial charge on any atom is -0.318 e. The largest absolute Gasteiger partial charge is 0.318 e. The first-order valence-corrected chi connectivity index (χ1v) is 8.46. The van der Waals surface area contributed by atoms with Crippen LogP contribution in [0.1, 0.15) is 29.9 Å². The van der Waals surface area contributed by atoms with Gasteiger partial charge in [0.1, 0.15) is 24.0 Å². The van der Waals surface area contributed by atoms with Gasteiger partial charge in [-0.15, -0.1) is 0 Å². The molecule has 2 aliphatic heterocycles. The van der Waals surface area contributed by atoms with Gasteiger partial charge in [-0.1, -0.05) is 23.7 Å². The summed E-state index contributed by atoms with van der Waals surface area (Å²) in [6.45, 7) is 0. The summed E-state index contributed by atoms with van der Waals surface area (Å²) in [4.78, 5) is 9.18. The summed E-state index contributed by atoms with van der Waals surface area (Å²) in [5.74, 6) is 1.34. The molecule has 0 N–H and O–H groups in total. The predicted octanol–water partition coefficient (Wildman–Crippen LogP) is 3.98. The molecule has 5 nitrogen and oxygen atoms in total. The number of hydrogen-bond donors (Lipinski definition) is 0. The maximum absolute atomic E-state index is 14.9. The monoisotopic (exact) mass is 351 g/mol. The molecule has 0 spiro atoms. The molecule has 2 atom stereocenters. The summed E-state index contributed by atoms with van der Waals surface area (Å²) in [5.41, 5.74) is 3.22. The summed E-state index contributed by atoms with van der Waals surface area (Å²) in [7, 11) is 0. The molecule has 2 aliphatic rings. The first-order chi connectivity index (χ1) is 12.2. The molecule has 0 unspecified atom stereocenters. The van der Waals surface area contributed by atoms with Gasteiger partial charge in [0, 0.05) is 22.6 Å². The predicted molar refractivity (Wildman–Crippen MR) is 91.1 cm³/mol. The zero-order valence-electron chi connectivity index (χ0n) is 12.9. The van der Waals surface area contributed by atoms with Crippen molar-refractivity contribution >= 4 is 22.6 Å². The van der Waals surface area contributed by atoms with E-state index in [1.165, 1.54) is 12.4 Å². The molecule has 2 bridgehead atoms. The fourth-order valence-corrected chi connectivity index (χ4v) is 4.43. The molecule has 6 rings (SSSR count). The summed E-state index contributed by atoms with van der Waals surface area (Å²) < 4.78 is 18.8. The van der Waals surface area contributed by atoms with E-state index in [-0.39, 0.29) is 17.9 Å². The van der Waals surface area contributed by atoms with Crippen molar-refractivity contribution in [2.75, 3.05) is 0 Å². The average Bonchev–Trinajstić information content (AvgIpc) is 3.26. The first-order valence-electron chi connectivity index (χ1n) is 8.08. The zero-order valence-corrected chi connectivity index (χ0v) is 13.7. The molecule has 0 fully saturated rings. The van der Waals surface area contributed by atoms with E-state index in [0.717, 1.165) is 22.4 Å². The molecule has 122 valence electrons. The Bertz CT molecular complexity index is 1180. The lowest BCUT2D eigenvalue weighted by atomic mass is 9.98. The van der Waals surface area contributed by atoms with Gasteiger partial charge in [0.25, 0.3) is 0 Å². The van der Waals surface area contributed by atoms with E-state index in [1.807, 2.05) is 28.9 Å². The zero-order chi connectivity index (χ0) is 16.7. The summed E-state index contributed by atoms with van der Waals surface area (Å²) in [6.07, 6.45) is 2.22. The topological polar surface area (TPSA) is 48.5 Å². The third-order valence-electron chi connectivity index (χ3n) is 5.23. The van der Waals surface area contributed by atoms with E-state index in [2.05, 4.69) is 14.6 Å². The van der Waals surface area contributed by atoms with Crippen LogP contribution in [0.5, 0.6) is 0 Å². The van der Waals surface area contributed by atoms with Crippen LogP contribution in [0.4, 0.5) is 4.39 Å². The number of benzene rings is 2. The van der Waals surface area contributed by atoms with Crippen LogP contribution in [0, 0.1) is 5.82 Å². The molecule has 25 heavy (non-hydrogen) atoms. The standard InChI is InChI=1S/C18H11ClFN5/c19-9-4-5-12-13(6-9)24-14-7-15(18(24)23-12)25-17(21-8-22-25)10-2-1-3-11(20)16(10)14/h1-6,8,14-15H,7H2/t14-,15-/m0/s1. The Morgan fingerprint density at radius 3 is 3.00 bits per heavy atom. The maximum atomic E-state index is 14.9. The molecule has 7 heteroatoms. The molecule has 0 saturated carbocycles. The van der Waals surface area contributed by atoms with E-state index < -0.39 is 0 Å². The van der Waals surface area contributed by atoms with Gasteiger partial charge >= 0.3 is 0 Å². The van der Waals surface area contributed by atoms with E-state index in [0.29, 0.717) is 22.8 Å². The van der Waals surface area contributed by atoms with Crippen molar-refractivity contribution in [3.63, 3.8) is 0 Å². The van der Waals surface area contributed by atoms with Crippen molar-refractivity contribution in [2.24, 2.45) is 0 Å². The van der Waals surface area contributed by atoms with Crippen LogP contribution in [0.15, 0.2) is 42.7 Å². The molecular formula is C18H11ClFN5. The molecule has 0 aliphatic carbocycles. The van der Waals surface area contributed by atoms with Crippen LogP contribution in [0.3, 0.4) is 0 Å². The molecule has 4 heterocycles. The van der Waals surface area contributed by atoms with Crippen LogP contribution in [0.2, 0.25) is 5.02 Å². The Balaban J connectivity index is 1.78. The van der Waals surface area contributed by atoms with Gasteiger partial charge in [0.05, 0.1) is 17.1 Å². The van der Waals surface area contributed by atoms with Crippen molar-refractivity contribution in [3.8, 4) is 11.4 Å². The quantitative estimate of drug-likeness (QED) is 0.481. The van der Waals surface area contributed by atoms with Crippen molar-refractivity contribution in [1.82, 2.24) is 24.3 Å². The van der Waals surface area contributed by atoms with Crippen LogP contribution in [0.25, 0.3) is 22.4 Å². The molecule has 0 saturated heterocycles. The lowest BCUT2D eigenvalue weighted by Crippen LogP contribution is -2.13. The normalized spacial score (nSPS) is 20.2. The highest BCUT2D eigenvalue weighted by Gasteiger charge is 2.42. The number of aromatic nitrogens is 5. The summed E-state index contributed by atoms with van der Waals surface area (Å²) >= 11 is 6.20. The van der Waals surface area contributed by atoms with Crippen LogP contribution >= 0.6 is 11.6 Å². The van der Waals surface area contributed by atoms with Crippen molar-refractivity contribution in [3.05, 3.63) is 65.0 Å². The Morgan fingerprint density at radius 2 is 2.08 bits per heavy atom. The fourth-order valence-electron chi connectivity index (χ4n) is 4.27. The first kappa shape index (κ1) is 13.5. The highest BCUT2D eigenvalue weighted by atomic mass is 35.5. The number of halogens is 2. The minimum absolute atomic E-state index is 0.0690. The molecule has 2 aromatic heterocycles. The Morgan fingerprint density at radius 1 is 1.16 bits per heavy atom. The van der Waals surface area contributed by atoms with Gasteiger partial charge in [-0.3, -0.25) is 0 Å². The number of rotatable bonds is 0. The summed E-state index contributed by atoms with van der Waals surface area (Å²) in [5, 5.41) is 5.06. The Kier molecular flexibility index (Phi) is 2.42. The number of hydrogen-bond acceptors (Lipinski definition) is 3. The van der Waals surface area contributed by atoms with Gasteiger partial charge in [-0.2, -0.15) is 5.10 Å². The molecule has 0 radical (unpaired) electrons. The lowest BCUT2D eigenvalue weighted by molar-refractivity contribution is 0.495. The second kappa shape index (κ2) is 4.46. The van der Waals surface area contributed by atoms with Gasteiger partial charge in [-0.05, 0) is 24.3 Å². The SMILES string of the molecule is Fc1cccc2c1[C@@H]1C[C@@H](c3nc4ccc(Cl)cc4n31)n1ncnc1-2. The van der Waals surface area contributed by atoms with Crippen LogP contribution in [-0.4, -0.2) is 24.3 Å². The van der Waals surface area contributed by atoms with E-state index in [1.54, 1.807) is 6.07 Å². The molecular weight excluding hydrogens is 341 g/mol. The highest BCUT2D eigenvalue weighted by Crippen LogP contribution is 2.49. The molecule has 2 aromatic carbocycles. The van der Waals surface area contributed by atoms with Crippen molar-refractivity contribution < 1.29 is 4.39 Å². The van der Waals surface area contributed by atoms with Gasteiger partial charge < -0.3 is 4.57 Å². The number of imidazole rings is 1. The van der Waals surface area contributed by atoms with Crippen molar-refractivity contribution in [2.45, 2.75) is 18.5 Å². The molecule has 4 aromatic rings. The third-order valence-corrected chi connectivity index (χ3v) is 5.47. The van der Waals surface area contributed by atoms with Crippen LogP contribution in [-0.2, 0) is 0 Å². The lowest BCUT2D eigenvalue weighted by Gasteiger charge is -2.18. The highest BCUT2D eigenvalue weighted by molar-refractivity contribution is 6.31. The van der Waals surface area contributed by atoms with E-state index >= 15 is 0 Å². The fraction of sp³-hybridized carbons (Fsp3) is 0.167. The molecule has 0 amide bonds. The van der Waals surface area contributed by atoms with Crippen molar-refractivity contribution in [1.29, 1.82) is 0 Å². The van der Waals surface area contributed by atoms with E-state index in [4.69, 9.17) is 16.6 Å². The number of fused-ring (bicyclic) bond motifs is 6. The second-order valence-corrected chi connectivity index (χ2v) is 6.91. The van der Waals surface area contributed by atoms with Crippen LogP contribution < -0.4 is 0 Å². The third kappa shape index (κ3) is 1.60. The van der Waals surface area contributed by atoms with Gasteiger partial charge in [0.15, 0.2) is 5.82 Å².